The lowest BCUT2D eigenvalue weighted by atomic mass is 10.3. The number of imidazole rings is 1. The first-order chi connectivity index (χ1) is 10.0. The number of carbonyl (C=O) groups is 1. The van der Waals surface area contributed by atoms with E-state index in [0.717, 1.165) is 5.69 Å². The van der Waals surface area contributed by atoms with Crippen molar-refractivity contribution in [3.8, 4) is 5.69 Å². The van der Waals surface area contributed by atoms with Gasteiger partial charge in [0.1, 0.15) is 12.3 Å². The van der Waals surface area contributed by atoms with Crippen LogP contribution in [0.25, 0.3) is 5.69 Å². The molecule has 0 aliphatic heterocycles. The number of rotatable bonds is 5. The number of thioether (sulfide) groups is 1. The summed E-state index contributed by atoms with van der Waals surface area (Å²) in [6.45, 7) is 1.81. The van der Waals surface area contributed by atoms with Gasteiger partial charge in [0, 0.05) is 5.69 Å². The van der Waals surface area contributed by atoms with Crippen LogP contribution in [0.15, 0.2) is 30.3 Å². The van der Waals surface area contributed by atoms with E-state index in [1.165, 1.54) is 11.8 Å². The summed E-state index contributed by atoms with van der Waals surface area (Å²) in [7, 11) is 0. The summed E-state index contributed by atoms with van der Waals surface area (Å²) in [4.78, 5) is 15.8. The molecule has 0 bridgehead atoms. The maximum Gasteiger partial charge on any atom is 0.319 e. The highest BCUT2D eigenvalue weighted by Gasteiger charge is 2.19. The molecule has 1 atom stereocenters. The van der Waals surface area contributed by atoms with Crippen LogP contribution in [0.5, 0.6) is 0 Å². The number of hydrogen-bond acceptors (Lipinski definition) is 4. The first-order valence-electron chi connectivity index (χ1n) is 6.22. The van der Waals surface area contributed by atoms with Crippen molar-refractivity contribution < 1.29 is 9.53 Å². The molecule has 2 rings (SSSR count). The van der Waals surface area contributed by atoms with Gasteiger partial charge >= 0.3 is 5.97 Å². The molecule has 0 unspecified atom stereocenters. The SMILES string of the molecule is CS[C@@H](C)C(=O)OCc1c(Cl)nc(Cl)n1-c1ccccc1. The van der Waals surface area contributed by atoms with Crippen LogP contribution in [0, 0.1) is 0 Å². The zero-order valence-corrected chi connectivity index (χ0v) is 13.9. The van der Waals surface area contributed by atoms with Crippen LogP contribution in [0.3, 0.4) is 0 Å². The van der Waals surface area contributed by atoms with E-state index < -0.39 is 0 Å². The molecule has 1 heterocycles. The summed E-state index contributed by atoms with van der Waals surface area (Å²) >= 11 is 13.6. The zero-order valence-electron chi connectivity index (χ0n) is 11.5. The standard InChI is InChI=1S/C14H14Cl2N2O2S/c1-9(21-2)13(19)20-8-11-12(15)17-14(16)18(11)10-6-4-3-5-7-10/h3-7,9H,8H2,1-2H3/t9-/m0/s1. The summed E-state index contributed by atoms with van der Waals surface area (Å²) < 4.78 is 6.94. The average molecular weight is 345 g/mol. The monoisotopic (exact) mass is 344 g/mol. The Kier molecular flexibility index (Phi) is 5.56. The summed E-state index contributed by atoms with van der Waals surface area (Å²) in [6, 6.07) is 9.41. The minimum atomic E-state index is -0.296. The highest BCUT2D eigenvalue weighted by Crippen LogP contribution is 2.26. The number of halogens is 2. The molecule has 112 valence electrons. The average Bonchev–Trinajstić information content (AvgIpc) is 2.78. The Bertz CT molecular complexity index is 631. The Morgan fingerprint density at radius 3 is 2.67 bits per heavy atom. The third-order valence-electron chi connectivity index (χ3n) is 2.93. The number of hydrogen-bond donors (Lipinski definition) is 0. The molecule has 0 aliphatic rings. The topological polar surface area (TPSA) is 44.1 Å². The molecular formula is C14H14Cl2N2O2S. The zero-order chi connectivity index (χ0) is 15.4. The minimum Gasteiger partial charge on any atom is -0.458 e. The first kappa shape index (κ1) is 16.2. The van der Waals surface area contributed by atoms with E-state index in [0.29, 0.717) is 5.69 Å². The number of ether oxygens (including phenoxy) is 1. The summed E-state index contributed by atoms with van der Waals surface area (Å²) in [5.41, 5.74) is 1.36. The molecule has 4 nitrogen and oxygen atoms in total. The van der Waals surface area contributed by atoms with Gasteiger partial charge in [0.25, 0.3) is 0 Å². The van der Waals surface area contributed by atoms with Crippen molar-refractivity contribution in [3.63, 3.8) is 0 Å². The van der Waals surface area contributed by atoms with Gasteiger partial charge in [-0.25, -0.2) is 4.98 Å². The van der Waals surface area contributed by atoms with E-state index in [1.54, 1.807) is 11.5 Å². The Morgan fingerprint density at radius 1 is 1.38 bits per heavy atom. The van der Waals surface area contributed by atoms with Crippen LogP contribution in [0.2, 0.25) is 10.4 Å². The lowest BCUT2D eigenvalue weighted by molar-refractivity contribution is -0.144. The van der Waals surface area contributed by atoms with Crippen molar-refractivity contribution in [2.75, 3.05) is 6.26 Å². The number of esters is 1. The van der Waals surface area contributed by atoms with Crippen LogP contribution in [-0.4, -0.2) is 27.0 Å². The molecule has 21 heavy (non-hydrogen) atoms. The smallest absolute Gasteiger partial charge is 0.319 e. The Morgan fingerprint density at radius 2 is 2.05 bits per heavy atom. The van der Waals surface area contributed by atoms with Gasteiger partial charge in [0.2, 0.25) is 5.28 Å². The van der Waals surface area contributed by atoms with Gasteiger partial charge in [-0.2, -0.15) is 11.8 Å². The van der Waals surface area contributed by atoms with Crippen LogP contribution in [0.1, 0.15) is 12.6 Å². The highest BCUT2D eigenvalue weighted by atomic mass is 35.5. The molecule has 0 N–H and O–H groups in total. The summed E-state index contributed by atoms with van der Waals surface area (Å²) in [6.07, 6.45) is 1.85. The second kappa shape index (κ2) is 7.20. The molecule has 0 amide bonds. The second-order valence-corrected chi connectivity index (χ2v) is 6.15. The van der Waals surface area contributed by atoms with Crippen LogP contribution < -0.4 is 0 Å². The molecular weight excluding hydrogens is 331 g/mol. The van der Waals surface area contributed by atoms with Crippen molar-refractivity contribution in [2.24, 2.45) is 0 Å². The molecule has 1 aromatic heterocycles. The number of nitrogens with zero attached hydrogens (tertiary/aromatic N) is 2. The number of benzene rings is 1. The van der Waals surface area contributed by atoms with E-state index in [2.05, 4.69) is 4.98 Å². The second-order valence-electron chi connectivity index (χ2n) is 4.27. The summed E-state index contributed by atoms with van der Waals surface area (Å²) in [5, 5.41) is 0.232. The fraction of sp³-hybridized carbons (Fsp3) is 0.286. The Hall–Kier alpha value is -1.17. The van der Waals surface area contributed by atoms with Gasteiger partial charge in [-0.15, -0.1) is 0 Å². The normalized spacial score (nSPS) is 12.2. The van der Waals surface area contributed by atoms with Crippen molar-refractivity contribution in [1.29, 1.82) is 0 Å². The van der Waals surface area contributed by atoms with E-state index >= 15 is 0 Å². The van der Waals surface area contributed by atoms with Gasteiger partial charge in [0.05, 0.1) is 5.25 Å². The fourth-order valence-corrected chi connectivity index (χ4v) is 2.52. The van der Waals surface area contributed by atoms with Gasteiger partial charge < -0.3 is 4.74 Å². The third-order valence-corrected chi connectivity index (χ3v) is 4.39. The predicted molar refractivity (Wildman–Crippen MR) is 86.4 cm³/mol. The van der Waals surface area contributed by atoms with Crippen LogP contribution in [-0.2, 0) is 16.1 Å². The highest BCUT2D eigenvalue weighted by molar-refractivity contribution is 7.99. The molecule has 0 saturated carbocycles. The fourth-order valence-electron chi connectivity index (χ4n) is 1.72. The van der Waals surface area contributed by atoms with Gasteiger partial charge in [-0.3, -0.25) is 9.36 Å². The first-order valence-corrected chi connectivity index (χ1v) is 8.26. The quantitative estimate of drug-likeness (QED) is 0.769. The van der Waals surface area contributed by atoms with Crippen molar-refractivity contribution in [1.82, 2.24) is 9.55 Å². The Labute approximate surface area is 137 Å². The molecule has 0 aliphatic carbocycles. The number of carbonyl (C=O) groups excluding carboxylic acids is 1. The third kappa shape index (κ3) is 3.73. The van der Waals surface area contributed by atoms with E-state index in [-0.39, 0.29) is 28.3 Å². The van der Waals surface area contributed by atoms with Crippen molar-refractivity contribution in [3.05, 3.63) is 46.5 Å². The number of aromatic nitrogens is 2. The van der Waals surface area contributed by atoms with Crippen LogP contribution in [0.4, 0.5) is 0 Å². The van der Waals surface area contributed by atoms with Crippen LogP contribution >= 0.6 is 35.0 Å². The predicted octanol–water partition coefficient (Wildman–Crippen LogP) is 3.97. The van der Waals surface area contributed by atoms with Gasteiger partial charge in [-0.05, 0) is 36.9 Å². The maximum absolute atomic E-state index is 11.8. The maximum atomic E-state index is 11.8. The lowest BCUT2D eigenvalue weighted by Crippen LogP contribution is -2.17. The minimum absolute atomic E-state index is 0.0250. The molecule has 0 spiro atoms. The molecule has 2 aromatic rings. The molecule has 1 aromatic carbocycles. The van der Waals surface area contributed by atoms with E-state index in [4.69, 9.17) is 27.9 Å². The summed E-state index contributed by atoms with van der Waals surface area (Å²) in [5.74, 6) is -0.296. The van der Waals surface area contributed by atoms with Crippen molar-refractivity contribution >= 4 is 40.9 Å². The van der Waals surface area contributed by atoms with Crippen molar-refractivity contribution in [2.45, 2.75) is 18.8 Å². The molecule has 0 saturated heterocycles. The van der Waals surface area contributed by atoms with E-state index in [9.17, 15) is 4.79 Å². The largest absolute Gasteiger partial charge is 0.458 e. The molecule has 0 fully saturated rings. The van der Waals surface area contributed by atoms with Gasteiger partial charge in [0.15, 0.2) is 5.15 Å². The Balaban J connectivity index is 2.26. The lowest BCUT2D eigenvalue weighted by Gasteiger charge is -2.12. The van der Waals surface area contributed by atoms with Gasteiger partial charge in [-0.1, -0.05) is 29.8 Å². The van der Waals surface area contributed by atoms with E-state index in [1.807, 2.05) is 36.6 Å². The molecule has 0 radical (unpaired) electrons. The number of para-hydroxylation sites is 1. The molecule has 7 heteroatoms.